The second kappa shape index (κ2) is 4.32. The summed E-state index contributed by atoms with van der Waals surface area (Å²) in [5.74, 6) is 0.619. The van der Waals surface area contributed by atoms with Crippen molar-refractivity contribution < 1.29 is 13.9 Å². The van der Waals surface area contributed by atoms with Gasteiger partial charge in [-0.25, -0.2) is 0 Å². The maximum Gasteiger partial charge on any atom is 0.309 e. The van der Waals surface area contributed by atoms with Crippen molar-refractivity contribution in [2.24, 2.45) is 5.92 Å². The lowest BCUT2D eigenvalue weighted by molar-refractivity contribution is -0.145. The average Bonchev–Trinajstić information content (AvgIpc) is 2.76. The van der Waals surface area contributed by atoms with Crippen LogP contribution in [0, 0.1) is 5.92 Å². The predicted octanol–water partition coefficient (Wildman–Crippen LogP) is 3.36. The average molecular weight is 265 g/mol. The van der Waals surface area contributed by atoms with E-state index in [4.69, 9.17) is 20.8 Å². The summed E-state index contributed by atoms with van der Waals surface area (Å²) in [5.41, 5.74) is 1.95. The fraction of sp³-hybridized carbons (Fsp3) is 0.357. The highest BCUT2D eigenvalue weighted by Crippen LogP contribution is 2.37. The molecule has 0 bridgehead atoms. The summed E-state index contributed by atoms with van der Waals surface area (Å²) in [6.07, 6.45) is 2.21. The Bertz CT molecular complexity index is 615. The Morgan fingerprint density at radius 2 is 2.33 bits per heavy atom. The number of carbonyl (C=O) groups is 1. The van der Waals surface area contributed by atoms with Crippen molar-refractivity contribution in [1.82, 2.24) is 0 Å². The lowest BCUT2D eigenvalue weighted by Crippen LogP contribution is -2.22. The molecular formula is C14H13ClO3. The molecule has 1 aliphatic carbocycles. The molecule has 0 spiro atoms. The lowest BCUT2D eigenvalue weighted by atomic mass is 9.87. The van der Waals surface area contributed by atoms with Crippen LogP contribution in [0.4, 0.5) is 0 Å². The van der Waals surface area contributed by atoms with Crippen molar-refractivity contribution in [2.75, 3.05) is 7.11 Å². The number of hydrogen-bond donors (Lipinski definition) is 0. The van der Waals surface area contributed by atoms with Crippen LogP contribution in [0.25, 0.3) is 11.0 Å². The van der Waals surface area contributed by atoms with Gasteiger partial charge in [0.1, 0.15) is 11.3 Å². The maximum atomic E-state index is 11.6. The molecule has 0 saturated heterocycles. The van der Waals surface area contributed by atoms with Crippen LogP contribution >= 0.6 is 11.6 Å². The maximum absolute atomic E-state index is 11.6. The number of benzene rings is 1. The Hall–Kier alpha value is -1.48. The van der Waals surface area contributed by atoms with E-state index >= 15 is 0 Å². The summed E-state index contributed by atoms with van der Waals surface area (Å²) in [6.45, 7) is 0. The molecule has 1 heterocycles. The van der Waals surface area contributed by atoms with Crippen LogP contribution in [0.1, 0.15) is 17.7 Å². The van der Waals surface area contributed by atoms with Crippen LogP contribution in [0.3, 0.4) is 0 Å². The van der Waals surface area contributed by atoms with E-state index in [0.29, 0.717) is 11.4 Å². The number of furan rings is 1. The van der Waals surface area contributed by atoms with Crippen molar-refractivity contribution in [1.29, 1.82) is 0 Å². The van der Waals surface area contributed by atoms with Crippen molar-refractivity contribution >= 4 is 28.5 Å². The zero-order valence-electron chi connectivity index (χ0n) is 10.0. The first-order valence-corrected chi connectivity index (χ1v) is 6.35. The van der Waals surface area contributed by atoms with Crippen LogP contribution < -0.4 is 0 Å². The number of aryl methyl sites for hydroxylation is 1. The van der Waals surface area contributed by atoms with Gasteiger partial charge in [-0.1, -0.05) is 17.7 Å². The number of rotatable bonds is 1. The molecule has 1 aliphatic rings. The highest BCUT2D eigenvalue weighted by atomic mass is 35.5. The summed E-state index contributed by atoms with van der Waals surface area (Å²) >= 11 is 6.21. The molecule has 0 aliphatic heterocycles. The molecule has 0 radical (unpaired) electrons. The van der Waals surface area contributed by atoms with Gasteiger partial charge in [-0.05, 0) is 25.0 Å². The summed E-state index contributed by atoms with van der Waals surface area (Å²) < 4.78 is 10.6. The van der Waals surface area contributed by atoms with Crippen LogP contribution in [-0.4, -0.2) is 13.1 Å². The van der Waals surface area contributed by atoms with E-state index < -0.39 is 0 Å². The van der Waals surface area contributed by atoms with Gasteiger partial charge in [0.05, 0.1) is 18.1 Å². The molecule has 0 fully saturated rings. The van der Waals surface area contributed by atoms with E-state index in [9.17, 15) is 4.79 Å². The number of methoxy groups -OCH3 is 1. The number of fused-ring (bicyclic) bond motifs is 3. The van der Waals surface area contributed by atoms with Gasteiger partial charge in [-0.15, -0.1) is 0 Å². The van der Waals surface area contributed by atoms with E-state index in [-0.39, 0.29) is 11.9 Å². The molecule has 3 rings (SSSR count). The van der Waals surface area contributed by atoms with Gasteiger partial charge in [0.25, 0.3) is 0 Å². The first kappa shape index (κ1) is 11.6. The summed E-state index contributed by atoms with van der Waals surface area (Å²) in [6, 6.07) is 5.65. The number of esters is 1. The Morgan fingerprint density at radius 3 is 3.11 bits per heavy atom. The van der Waals surface area contributed by atoms with Gasteiger partial charge < -0.3 is 9.15 Å². The van der Waals surface area contributed by atoms with E-state index in [1.165, 1.54) is 7.11 Å². The molecule has 1 aromatic carbocycles. The Kier molecular flexibility index (Phi) is 2.78. The fourth-order valence-corrected chi connectivity index (χ4v) is 2.94. The standard InChI is InChI=1S/C14H13ClO3/c1-17-14(16)8-5-6-9-12(7-8)18-11-4-2-3-10(15)13(9)11/h2-4,8H,5-7H2,1H3. The van der Waals surface area contributed by atoms with Crippen LogP contribution in [0.15, 0.2) is 22.6 Å². The molecule has 94 valence electrons. The molecule has 2 aromatic rings. The van der Waals surface area contributed by atoms with Crippen molar-refractivity contribution in [3.63, 3.8) is 0 Å². The summed E-state index contributed by atoms with van der Waals surface area (Å²) in [7, 11) is 1.42. The molecule has 1 aromatic heterocycles. The second-order valence-electron chi connectivity index (χ2n) is 4.58. The summed E-state index contributed by atoms with van der Waals surface area (Å²) in [5, 5.41) is 1.71. The highest BCUT2D eigenvalue weighted by Gasteiger charge is 2.29. The number of ether oxygens (including phenoxy) is 1. The topological polar surface area (TPSA) is 39.4 Å². The third-order valence-electron chi connectivity index (χ3n) is 3.56. The smallest absolute Gasteiger partial charge is 0.309 e. The van der Waals surface area contributed by atoms with Crippen LogP contribution in [0.5, 0.6) is 0 Å². The minimum absolute atomic E-state index is 0.0955. The number of hydrogen-bond acceptors (Lipinski definition) is 3. The van der Waals surface area contributed by atoms with Gasteiger partial charge in [0, 0.05) is 17.4 Å². The molecule has 4 heteroatoms. The fourth-order valence-electron chi connectivity index (χ4n) is 2.66. The van der Waals surface area contributed by atoms with Gasteiger partial charge >= 0.3 is 5.97 Å². The third kappa shape index (κ3) is 1.70. The highest BCUT2D eigenvalue weighted by molar-refractivity contribution is 6.35. The van der Waals surface area contributed by atoms with E-state index in [1.807, 2.05) is 18.2 Å². The molecule has 18 heavy (non-hydrogen) atoms. The Morgan fingerprint density at radius 1 is 1.50 bits per heavy atom. The molecule has 1 unspecified atom stereocenters. The quantitative estimate of drug-likeness (QED) is 0.742. The van der Waals surface area contributed by atoms with E-state index in [1.54, 1.807) is 0 Å². The Labute approximate surface area is 110 Å². The second-order valence-corrected chi connectivity index (χ2v) is 4.99. The first-order valence-electron chi connectivity index (χ1n) is 5.97. The minimum atomic E-state index is -0.160. The monoisotopic (exact) mass is 264 g/mol. The molecule has 0 N–H and O–H groups in total. The molecule has 0 amide bonds. The number of halogens is 1. The lowest BCUT2D eigenvalue weighted by Gasteiger charge is -2.18. The van der Waals surface area contributed by atoms with E-state index in [0.717, 1.165) is 35.1 Å². The molecule has 3 nitrogen and oxygen atoms in total. The van der Waals surface area contributed by atoms with Gasteiger partial charge in [0.2, 0.25) is 0 Å². The zero-order chi connectivity index (χ0) is 12.7. The predicted molar refractivity (Wildman–Crippen MR) is 68.8 cm³/mol. The molecule has 0 saturated carbocycles. The first-order chi connectivity index (χ1) is 8.70. The molecule has 1 atom stereocenters. The third-order valence-corrected chi connectivity index (χ3v) is 3.87. The van der Waals surface area contributed by atoms with Gasteiger partial charge in [-0.3, -0.25) is 4.79 Å². The van der Waals surface area contributed by atoms with Crippen LogP contribution in [-0.2, 0) is 22.4 Å². The van der Waals surface area contributed by atoms with Crippen LogP contribution in [0.2, 0.25) is 5.02 Å². The number of carbonyl (C=O) groups excluding carboxylic acids is 1. The largest absolute Gasteiger partial charge is 0.469 e. The van der Waals surface area contributed by atoms with Crippen molar-refractivity contribution in [3.05, 3.63) is 34.5 Å². The SMILES string of the molecule is COC(=O)C1CCc2c(oc3cccc(Cl)c23)C1. The summed E-state index contributed by atoms with van der Waals surface area (Å²) in [4.78, 5) is 11.6. The van der Waals surface area contributed by atoms with Crippen molar-refractivity contribution in [2.45, 2.75) is 19.3 Å². The van der Waals surface area contributed by atoms with Gasteiger partial charge in [0.15, 0.2) is 0 Å². The minimum Gasteiger partial charge on any atom is -0.469 e. The zero-order valence-corrected chi connectivity index (χ0v) is 10.8. The van der Waals surface area contributed by atoms with Gasteiger partial charge in [-0.2, -0.15) is 0 Å². The Balaban J connectivity index is 2.05. The van der Waals surface area contributed by atoms with Crippen molar-refractivity contribution in [3.8, 4) is 0 Å². The van der Waals surface area contributed by atoms with E-state index in [2.05, 4.69) is 0 Å². The molecular weight excluding hydrogens is 252 g/mol. The normalized spacial score (nSPS) is 18.7.